The van der Waals surface area contributed by atoms with Crippen LogP contribution in [0.25, 0.3) is 0 Å². The average Bonchev–Trinajstić information content (AvgIpc) is 3.28. The van der Waals surface area contributed by atoms with Crippen molar-refractivity contribution in [3.05, 3.63) is 35.9 Å². The first-order chi connectivity index (χ1) is 9.67. The van der Waals surface area contributed by atoms with Crippen molar-refractivity contribution >= 4 is 0 Å². The van der Waals surface area contributed by atoms with E-state index in [4.69, 9.17) is 0 Å². The van der Waals surface area contributed by atoms with Gasteiger partial charge in [0.2, 0.25) is 0 Å². The van der Waals surface area contributed by atoms with Crippen molar-refractivity contribution < 1.29 is 0 Å². The third kappa shape index (κ3) is 3.24. The smallest absolute Gasteiger partial charge is 0.0535 e. The summed E-state index contributed by atoms with van der Waals surface area (Å²) in [5.74, 6) is 1.02. The van der Waals surface area contributed by atoms with Crippen LogP contribution in [0.3, 0.4) is 0 Å². The first-order valence-corrected chi connectivity index (χ1v) is 8.22. The predicted molar refractivity (Wildman–Crippen MR) is 84.8 cm³/mol. The number of hydrogen-bond donors (Lipinski definition) is 1. The highest BCUT2D eigenvalue weighted by molar-refractivity contribution is 5.24. The van der Waals surface area contributed by atoms with Crippen molar-refractivity contribution in [3.63, 3.8) is 0 Å². The fraction of sp³-hybridized carbons (Fsp3) is 0.667. The molecule has 1 aliphatic heterocycles. The SMILES string of the molecule is CC(CC1CC1)N1CCCNC(C)(c2ccccc2)C1. The molecule has 1 saturated heterocycles. The minimum absolute atomic E-state index is 0.0928. The number of benzene rings is 1. The lowest BCUT2D eigenvalue weighted by atomic mass is 9.91. The Balaban J connectivity index is 1.73. The van der Waals surface area contributed by atoms with E-state index in [1.807, 2.05) is 0 Å². The molecule has 0 spiro atoms. The summed E-state index contributed by atoms with van der Waals surface area (Å²) < 4.78 is 0. The Morgan fingerprint density at radius 1 is 1.30 bits per heavy atom. The molecule has 3 rings (SSSR count). The number of hydrogen-bond acceptors (Lipinski definition) is 2. The fourth-order valence-electron chi connectivity index (χ4n) is 3.55. The molecule has 2 atom stereocenters. The molecule has 2 heteroatoms. The molecule has 0 bridgehead atoms. The summed E-state index contributed by atoms with van der Waals surface area (Å²) in [5, 5.41) is 3.79. The third-order valence-corrected chi connectivity index (χ3v) is 5.06. The molecule has 20 heavy (non-hydrogen) atoms. The van der Waals surface area contributed by atoms with E-state index >= 15 is 0 Å². The molecule has 2 fully saturated rings. The van der Waals surface area contributed by atoms with Crippen LogP contribution < -0.4 is 5.32 Å². The molecule has 0 radical (unpaired) electrons. The Morgan fingerprint density at radius 3 is 2.75 bits per heavy atom. The van der Waals surface area contributed by atoms with Gasteiger partial charge in [0, 0.05) is 12.6 Å². The van der Waals surface area contributed by atoms with Crippen molar-refractivity contribution in [2.24, 2.45) is 5.92 Å². The van der Waals surface area contributed by atoms with E-state index in [2.05, 4.69) is 54.4 Å². The Bertz CT molecular complexity index is 426. The molecule has 1 aromatic rings. The van der Waals surface area contributed by atoms with Gasteiger partial charge in [0.1, 0.15) is 0 Å². The van der Waals surface area contributed by atoms with Gasteiger partial charge in [0.25, 0.3) is 0 Å². The van der Waals surface area contributed by atoms with Crippen molar-refractivity contribution in [3.8, 4) is 0 Å². The van der Waals surface area contributed by atoms with E-state index in [9.17, 15) is 0 Å². The third-order valence-electron chi connectivity index (χ3n) is 5.06. The van der Waals surface area contributed by atoms with Crippen LogP contribution in [0, 0.1) is 5.92 Å². The standard InChI is InChI=1S/C18H28N2/c1-15(13-16-9-10-16)20-12-6-11-19-18(2,14-20)17-7-4-3-5-8-17/h3-5,7-8,15-16,19H,6,9-14H2,1-2H3. The van der Waals surface area contributed by atoms with Gasteiger partial charge in [0.15, 0.2) is 0 Å². The van der Waals surface area contributed by atoms with Crippen LogP contribution in [0.1, 0.15) is 45.1 Å². The molecule has 2 unspecified atom stereocenters. The zero-order chi connectivity index (χ0) is 14.0. The topological polar surface area (TPSA) is 15.3 Å². The second kappa shape index (κ2) is 5.87. The summed E-state index contributed by atoms with van der Waals surface area (Å²) in [5.41, 5.74) is 1.51. The van der Waals surface area contributed by atoms with Gasteiger partial charge in [-0.15, -0.1) is 0 Å². The van der Waals surface area contributed by atoms with Crippen molar-refractivity contribution in [2.75, 3.05) is 19.6 Å². The minimum atomic E-state index is 0.0928. The summed E-state index contributed by atoms with van der Waals surface area (Å²) in [6.45, 7) is 8.28. The molecule has 1 aliphatic carbocycles. The summed E-state index contributed by atoms with van der Waals surface area (Å²) in [6, 6.07) is 11.7. The Morgan fingerprint density at radius 2 is 2.05 bits per heavy atom. The normalized spacial score (nSPS) is 29.9. The van der Waals surface area contributed by atoms with Gasteiger partial charge in [-0.3, -0.25) is 4.90 Å². The summed E-state index contributed by atoms with van der Waals surface area (Å²) in [4.78, 5) is 2.71. The highest BCUT2D eigenvalue weighted by Crippen LogP contribution is 2.35. The van der Waals surface area contributed by atoms with E-state index in [-0.39, 0.29) is 5.54 Å². The molecular formula is C18H28N2. The van der Waals surface area contributed by atoms with Gasteiger partial charge in [-0.1, -0.05) is 43.2 Å². The lowest BCUT2D eigenvalue weighted by Gasteiger charge is -2.37. The van der Waals surface area contributed by atoms with Crippen LogP contribution in [-0.2, 0) is 5.54 Å². The molecule has 1 aromatic carbocycles. The summed E-state index contributed by atoms with van der Waals surface area (Å²) in [7, 11) is 0. The van der Waals surface area contributed by atoms with Crippen molar-refractivity contribution in [2.45, 2.75) is 51.1 Å². The molecule has 1 saturated carbocycles. The van der Waals surface area contributed by atoms with Gasteiger partial charge in [0.05, 0.1) is 5.54 Å². The van der Waals surface area contributed by atoms with E-state index in [0.29, 0.717) is 0 Å². The second-order valence-corrected chi connectivity index (χ2v) is 6.98. The summed E-state index contributed by atoms with van der Waals surface area (Å²) >= 11 is 0. The van der Waals surface area contributed by atoms with Crippen LogP contribution >= 0.6 is 0 Å². The van der Waals surface area contributed by atoms with Crippen LogP contribution in [0.2, 0.25) is 0 Å². The Kier molecular flexibility index (Phi) is 4.13. The molecule has 110 valence electrons. The lowest BCUT2D eigenvalue weighted by molar-refractivity contribution is 0.160. The fourth-order valence-corrected chi connectivity index (χ4v) is 3.55. The zero-order valence-electron chi connectivity index (χ0n) is 12.9. The second-order valence-electron chi connectivity index (χ2n) is 6.98. The van der Waals surface area contributed by atoms with Crippen molar-refractivity contribution in [1.82, 2.24) is 10.2 Å². The number of rotatable bonds is 4. The van der Waals surface area contributed by atoms with Crippen LogP contribution in [-0.4, -0.2) is 30.6 Å². The summed E-state index contributed by atoms with van der Waals surface area (Å²) in [6.07, 6.45) is 5.58. The van der Waals surface area contributed by atoms with E-state index in [1.165, 1.54) is 37.8 Å². The van der Waals surface area contributed by atoms with Gasteiger partial charge < -0.3 is 5.32 Å². The van der Waals surface area contributed by atoms with Crippen LogP contribution in [0.4, 0.5) is 0 Å². The van der Waals surface area contributed by atoms with Gasteiger partial charge in [-0.05, 0) is 51.3 Å². The van der Waals surface area contributed by atoms with E-state index in [1.54, 1.807) is 0 Å². The molecule has 2 aliphatic rings. The van der Waals surface area contributed by atoms with E-state index < -0.39 is 0 Å². The Hall–Kier alpha value is -0.860. The average molecular weight is 272 g/mol. The number of nitrogens with one attached hydrogen (secondary N) is 1. The maximum Gasteiger partial charge on any atom is 0.0535 e. The lowest BCUT2D eigenvalue weighted by Crippen LogP contribution is -2.48. The highest BCUT2D eigenvalue weighted by atomic mass is 15.2. The zero-order valence-corrected chi connectivity index (χ0v) is 12.9. The monoisotopic (exact) mass is 272 g/mol. The molecular weight excluding hydrogens is 244 g/mol. The van der Waals surface area contributed by atoms with Gasteiger partial charge >= 0.3 is 0 Å². The molecule has 1 N–H and O–H groups in total. The first kappa shape index (κ1) is 14.1. The van der Waals surface area contributed by atoms with Crippen LogP contribution in [0.15, 0.2) is 30.3 Å². The highest BCUT2D eigenvalue weighted by Gasteiger charge is 2.34. The maximum atomic E-state index is 3.79. The Labute approximate surface area is 123 Å². The van der Waals surface area contributed by atoms with Crippen LogP contribution in [0.5, 0.6) is 0 Å². The predicted octanol–water partition coefficient (Wildman–Crippen LogP) is 3.39. The van der Waals surface area contributed by atoms with Crippen molar-refractivity contribution in [1.29, 1.82) is 0 Å². The first-order valence-electron chi connectivity index (χ1n) is 8.22. The maximum absolute atomic E-state index is 3.79. The minimum Gasteiger partial charge on any atom is -0.307 e. The van der Waals surface area contributed by atoms with E-state index in [0.717, 1.165) is 25.0 Å². The quantitative estimate of drug-likeness (QED) is 0.904. The largest absolute Gasteiger partial charge is 0.307 e. The van der Waals surface area contributed by atoms with Gasteiger partial charge in [-0.25, -0.2) is 0 Å². The molecule has 0 amide bonds. The molecule has 1 heterocycles. The molecule has 0 aromatic heterocycles. The molecule has 2 nitrogen and oxygen atoms in total. The number of nitrogens with zero attached hydrogens (tertiary/aromatic N) is 1. The van der Waals surface area contributed by atoms with Gasteiger partial charge in [-0.2, -0.15) is 0 Å².